The van der Waals surface area contributed by atoms with Crippen molar-refractivity contribution >= 4 is 27.8 Å². The Kier molecular flexibility index (Phi) is 4.81. The number of halogens is 1. The first-order chi connectivity index (χ1) is 13.1. The van der Waals surface area contributed by atoms with E-state index in [1.807, 2.05) is 48.5 Å². The smallest absolute Gasteiger partial charge is 0.339 e. The van der Waals surface area contributed by atoms with Crippen molar-refractivity contribution < 1.29 is 18.7 Å². The van der Waals surface area contributed by atoms with Gasteiger partial charge in [0, 0.05) is 16.5 Å². The van der Waals surface area contributed by atoms with E-state index in [1.54, 1.807) is 12.1 Å². The van der Waals surface area contributed by atoms with Crippen LogP contribution in [0.4, 0.5) is 0 Å². The van der Waals surface area contributed by atoms with Crippen molar-refractivity contribution in [3.8, 4) is 11.3 Å². The van der Waals surface area contributed by atoms with Crippen LogP contribution < -0.4 is 5.32 Å². The van der Waals surface area contributed by atoms with Gasteiger partial charge in [-0.1, -0.05) is 46.3 Å². The zero-order valence-corrected chi connectivity index (χ0v) is 15.9. The maximum atomic E-state index is 12.4. The average Bonchev–Trinajstić information content (AvgIpc) is 3.15. The fourth-order valence-electron chi connectivity index (χ4n) is 3.01. The van der Waals surface area contributed by atoms with Gasteiger partial charge in [-0.25, -0.2) is 4.79 Å². The summed E-state index contributed by atoms with van der Waals surface area (Å²) >= 11 is 3.40. The van der Waals surface area contributed by atoms with Crippen molar-refractivity contribution in [3.05, 3.63) is 82.0 Å². The quantitative estimate of drug-likeness (QED) is 0.638. The molecular formula is C21H16BrNO4. The fourth-order valence-corrected chi connectivity index (χ4v) is 3.27. The maximum Gasteiger partial charge on any atom is 0.339 e. The topological polar surface area (TPSA) is 68.5 Å². The van der Waals surface area contributed by atoms with Gasteiger partial charge in [0.15, 0.2) is 6.10 Å². The first kappa shape index (κ1) is 17.5. The molecule has 2 heterocycles. The highest BCUT2D eigenvalue weighted by molar-refractivity contribution is 9.10. The molecular weight excluding hydrogens is 410 g/mol. The van der Waals surface area contributed by atoms with E-state index in [2.05, 4.69) is 21.2 Å². The molecule has 0 saturated carbocycles. The molecule has 2 aromatic carbocycles. The number of amides is 1. The number of carbonyl (C=O) groups excluding carboxylic acids is 2. The van der Waals surface area contributed by atoms with Crippen LogP contribution in [-0.2, 0) is 22.5 Å². The summed E-state index contributed by atoms with van der Waals surface area (Å²) in [4.78, 5) is 24.4. The lowest BCUT2D eigenvalue weighted by molar-refractivity contribution is -0.130. The number of rotatable bonds is 4. The molecule has 0 saturated heterocycles. The second-order valence-corrected chi connectivity index (χ2v) is 7.16. The van der Waals surface area contributed by atoms with Crippen molar-refractivity contribution in [1.82, 2.24) is 5.32 Å². The van der Waals surface area contributed by atoms with Crippen LogP contribution in [0.5, 0.6) is 0 Å². The summed E-state index contributed by atoms with van der Waals surface area (Å²) in [6.45, 7) is 0.227. The van der Waals surface area contributed by atoms with Gasteiger partial charge in [-0.05, 0) is 35.9 Å². The molecule has 0 spiro atoms. The number of hydrogen-bond donors (Lipinski definition) is 1. The molecule has 1 N–H and O–H groups in total. The molecule has 1 atom stereocenters. The molecule has 0 fully saturated rings. The number of hydrogen-bond acceptors (Lipinski definition) is 4. The van der Waals surface area contributed by atoms with Crippen molar-refractivity contribution in [2.75, 3.05) is 0 Å². The van der Waals surface area contributed by atoms with Gasteiger partial charge in [-0.2, -0.15) is 0 Å². The van der Waals surface area contributed by atoms with Crippen LogP contribution in [0.3, 0.4) is 0 Å². The van der Waals surface area contributed by atoms with Crippen LogP contribution in [0.1, 0.15) is 21.7 Å². The molecule has 0 bridgehead atoms. The third-order valence-electron chi connectivity index (χ3n) is 4.41. The van der Waals surface area contributed by atoms with Gasteiger partial charge in [0.2, 0.25) is 0 Å². The maximum absolute atomic E-state index is 12.4. The lowest BCUT2D eigenvalue weighted by atomic mass is 9.98. The Hall–Kier alpha value is -2.86. The summed E-state index contributed by atoms with van der Waals surface area (Å²) in [6.07, 6.45) is -0.455. The lowest BCUT2D eigenvalue weighted by Crippen LogP contribution is -2.41. The van der Waals surface area contributed by atoms with E-state index in [9.17, 15) is 9.59 Å². The van der Waals surface area contributed by atoms with Crippen LogP contribution >= 0.6 is 15.9 Å². The monoisotopic (exact) mass is 425 g/mol. The molecule has 1 aromatic heterocycles. The second kappa shape index (κ2) is 7.40. The summed E-state index contributed by atoms with van der Waals surface area (Å²) in [5.74, 6) is 0.556. The van der Waals surface area contributed by atoms with Crippen LogP contribution in [0.2, 0.25) is 0 Å². The summed E-state index contributed by atoms with van der Waals surface area (Å²) in [5.41, 5.74) is 2.30. The molecule has 6 heteroatoms. The molecule has 0 aliphatic carbocycles. The summed E-state index contributed by atoms with van der Waals surface area (Å²) in [7, 11) is 0. The van der Waals surface area contributed by atoms with E-state index in [1.165, 1.54) is 0 Å². The van der Waals surface area contributed by atoms with Gasteiger partial charge in [-0.15, -0.1) is 0 Å². The van der Waals surface area contributed by atoms with Crippen LogP contribution in [0.15, 0.2) is 69.6 Å². The van der Waals surface area contributed by atoms with Crippen molar-refractivity contribution in [3.63, 3.8) is 0 Å². The molecule has 1 aliphatic heterocycles. The number of furan rings is 1. The number of cyclic esters (lactones) is 1. The van der Waals surface area contributed by atoms with E-state index in [0.717, 1.165) is 21.4 Å². The first-order valence-electron chi connectivity index (χ1n) is 8.51. The fraction of sp³-hybridized carbons (Fsp3) is 0.143. The van der Waals surface area contributed by atoms with E-state index in [-0.39, 0.29) is 12.5 Å². The summed E-state index contributed by atoms with van der Waals surface area (Å²) < 4.78 is 12.0. The molecule has 1 aliphatic rings. The average molecular weight is 426 g/mol. The molecule has 3 aromatic rings. The Morgan fingerprint density at radius 1 is 1.07 bits per heavy atom. The van der Waals surface area contributed by atoms with Gasteiger partial charge in [-0.3, -0.25) is 4.79 Å². The van der Waals surface area contributed by atoms with Crippen LogP contribution in [-0.4, -0.2) is 18.0 Å². The van der Waals surface area contributed by atoms with Crippen molar-refractivity contribution in [2.45, 2.75) is 19.1 Å². The predicted octanol–water partition coefficient (Wildman–Crippen LogP) is 4.11. The summed E-state index contributed by atoms with van der Waals surface area (Å²) in [5, 5.41) is 2.78. The molecule has 1 amide bonds. The molecule has 4 rings (SSSR count). The molecule has 0 unspecified atom stereocenters. The molecule has 136 valence electrons. The lowest BCUT2D eigenvalue weighted by Gasteiger charge is -2.23. The number of benzene rings is 2. The zero-order valence-electron chi connectivity index (χ0n) is 14.3. The van der Waals surface area contributed by atoms with Gasteiger partial charge >= 0.3 is 5.97 Å². The van der Waals surface area contributed by atoms with Crippen LogP contribution in [0.25, 0.3) is 11.3 Å². The summed E-state index contributed by atoms with van der Waals surface area (Å²) in [6, 6.07) is 18.6. The molecule has 27 heavy (non-hydrogen) atoms. The number of nitrogens with one attached hydrogen (secondary N) is 1. The number of carbonyl (C=O) groups is 2. The van der Waals surface area contributed by atoms with E-state index in [0.29, 0.717) is 17.7 Å². The Balaban J connectivity index is 1.39. The highest BCUT2D eigenvalue weighted by Gasteiger charge is 2.30. The van der Waals surface area contributed by atoms with Gasteiger partial charge in [0.25, 0.3) is 5.91 Å². The number of esters is 1. The second-order valence-electron chi connectivity index (χ2n) is 6.25. The van der Waals surface area contributed by atoms with Gasteiger partial charge in [0.1, 0.15) is 11.5 Å². The normalized spacial score (nSPS) is 15.7. The Labute approximate surface area is 164 Å². The standard InChI is InChI=1S/C21H16BrNO4/c22-15-7-5-13(6-8-15)18-10-9-16(26-18)12-23-20(24)19-11-14-3-1-2-4-17(14)21(25)27-19/h1-10,19H,11-12H2,(H,23,24)/t19-/m0/s1. The van der Waals surface area contributed by atoms with Gasteiger partial charge in [0.05, 0.1) is 12.1 Å². The molecule has 0 radical (unpaired) electrons. The Bertz CT molecular complexity index is 993. The zero-order chi connectivity index (χ0) is 18.8. The van der Waals surface area contributed by atoms with Gasteiger partial charge < -0.3 is 14.5 Å². The minimum Gasteiger partial charge on any atom is -0.459 e. The third-order valence-corrected chi connectivity index (χ3v) is 4.94. The Morgan fingerprint density at radius 2 is 1.85 bits per heavy atom. The van der Waals surface area contributed by atoms with E-state index in [4.69, 9.17) is 9.15 Å². The highest BCUT2D eigenvalue weighted by atomic mass is 79.9. The van der Waals surface area contributed by atoms with E-state index < -0.39 is 12.1 Å². The number of ether oxygens (including phenoxy) is 1. The Morgan fingerprint density at radius 3 is 2.67 bits per heavy atom. The highest BCUT2D eigenvalue weighted by Crippen LogP contribution is 2.24. The largest absolute Gasteiger partial charge is 0.459 e. The third kappa shape index (κ3) is 3.80. The van der Waals surface area contributed by atoms with E-state index >= 15 is 0 Å². The van der Waals surface area contributed by atoms with Crippen molar-refractivity contribution in [1.29, 1.82) is 0 Å². The SMILES string of the molecule is O=C1O[C@H](C(=O)NCc2ccc(-c3ccc(Br)cc3)o2)Cc2ccccc21. The number of fused-ring (bicyclic) bond motifs is 1. The first-order valence-corrected chi connectivity index (χ1v) is 9.31. The minimum atomic E-state index is -0.826. The molecule has 5 nitrogen and oxygen atoms in total. The predicted molar refractivity (Wildman–Crippen MR) is 103 cm³/mol. The van der Waals surface area contributed by atoms with Crippen molar-refractivity contribution in [2.24, 2.45) is 0 Å². The minimum absolute atomic E-state index is 0.227. The van der Waals surface area contributed by atoms with Crippen LogP contribution in [0, 0.1) is 0 Å².